The second kappa shape index (κ2) is 13.2. The number of benzene rings is 1. The monoisotopic (exact) mass is 780 g/mol. The van der Waals surface area contributed by atoms with Crippen LogP contribution in [0.5, 0.6) is 0 Å². The van der Waals surface area contributed by atoms with Crippen molar-refractivity contribution < 1.29 is 31.9 Å². The number of carbonyl (C=O) groups excluding carboxylic acids is 3. The molecule has 0 bridgehead atoms. The van der Waals surface area contributed by atoms with Gasteiger partial charge in [-0.3, -0.25) is 14.4 Å². The molecular formula is C36H38Cl2F4N6O3S. The fourth-order valence-corrected chi connectivity index (χ4v) is 9.94. The van der Waals surface area contributed by atoms with Crippen molar-refractivity contribution in [2.24, 2.45) is 10.9 Å². The van der Waals surface area contributed by atoms with Crippen molar-refractivity contribution in [1.82, 2.24) is 24.6 Å². The highest BCUT2D eigenvalue weighted by molar-refractivity contribution is 8.18. The van der Waals surface area contributed by atoms with Crippen molar-refractivity contribution >= 4 is 57.9 Å². The number of pyridine rings is 1. The number of amides is 3. The first kappa shape index (κ1) is 37.0. The zero-order chi connectivity index (χ0) is 37.5. The zero-order valence-electron chi connectivity index (χ0n) is 29.0. The van der Waals surface area contributed by atoms with E-state index in [1.54, 1.807) is 23.2 Å². The summed E-state index contributed by atoms with van der Waals surface area (Å²) in [5.41, 5.74) is 0.00385. The summed E-state index contributed by atoms with van der Waals surface area (Å²) in [5.74, 6) is -3.31. The number of piperazine rings is 1. The summed E-state index contributed by atoms with van der Waals surface area (Å²) >= 11 is 13.5. The highest BCUT2D eigenvalue weighted by Crippen LogP contribution is 2.57. The van der Waals surface area contributed by atoms with Crippen molar-refractivity contribution in [3.8, 4) is 0 Å². The molecule has 7 rings (SSSR count). The Kier molecular flexibility index (Phi) is 9.38. The first-order valence-corrected chi connectivity index (χ1v) is 19.0. The van der Waals surface area contributed by atoms with Crippen molar-refractivity contribution in [2.45, 2.75) is 95.2 Å². The summed E-state index contributed by atoms with van der Waals surface area (Å²) in [7, 11) is 0. The second-order valence-electron chi connectivity index (χ2n) is 14.6. The number of fused-ring (bicyclic) bond motifs is 1. The first-order valence-electron chi connectivity index (χ1n) is 17.4. The molecule has 2 aromatic rings. The summed E-state index contributed by atoms with van der Waals surface area (Å²) in [4.78, 5) is 57.3. The van der Waals surface area contributed by atoms with Crippen LogP contribution >= 0.6 is 35.0 Å². The highest BCUT2D eigenvalue weighted by atomic mass is 35.5. The molecule has 1 spiro atoms. The summed E-state index contributed by atoms with van der Waals surface area (Å²) in [6.07, 6.45) is -0.996. The minimum atomic E-state index is -4.99. The quantitative estimate of drug-likeness (QED) is 0.226. The number of rotatable bonds is 6. The zero-order valence-corrected chi connectivity index (χ0v) is 31.3. The Morgan fingerprint density at radius 2 is 1.81 bits per heavy atom. The van der Waals surface area contributed by atoms with E-state index in [0.717, 1.165) is 10.5 Å². The van der Waals surface area contributed by atoms with Crippen LogP contribution in [0.1, 0.15) is 77.0 Å². The van der Waals surface area contributed by atoms with Gasteiger partial charge in [0.15, 0.2) is 5.17 Å². The number of thioether (sulfide) groups is 1. The Morgan fingerprint density at radius 3 is 2.40 bits per heavy atom. The van der Waals surface area contributed by atoms with Crippen LogP contribution in [0, 0.1) is 11.7 Å². The van der Waals surface area contributed by atoms with Gasteiger partial charge < -0.3 is 19.6 Å². The third-order valence-electron chi connectivity index (χ3n) is 11.1. The van der Waals surface area contributed by atoms with Gasteiger partial charge in [-0.1, -0.05) is 56.1 Å². The summed E-state index contributed by atoms with van der Waals surface area (Å²) < 4.78 is 55.2. The SMILES string of the molecule is CC[C@@H]1CC[C@@H](C(=O)N2CCN(C(=O)C(F)(F)F)C3(CC3)C2)N1C(=O)C1=C(C(C)C)N2C(=N[C@@](C)(c3ccc(Cl)nc3)[C@H]2c2ccc(Cl)c(F)c2)S1. The van der Waals surface area contributed by atoms with Crippen LogP contribution in [-0.2, 0) is 19.9 Å². The van der Waals surface area contributed by atoms with E-state index in [-0.39, 0.29) is 48.4 Å². The molecule has 2 saturated heterocycles. The van der Waals surface area contributed by atoms with Crippen molar-refractivity contribution in [3.63, 3.8) is 0 Å². The van der Waals surface area contributed by atoms with E-state index in [2.05, 4.69) is 4.98 Å². The molecular weight excluding hydrogens is 743 g/mol. The molecule has 278 valence electrons. The molecule has 1 aromatic carbocycles. The number of hydrogen-bond donors (Lipinski definition) is 0. The van der Waals surface area contributed by atoms with E-state index < -0.39 is 41.1 Å². The maximum Gasteiger partial charge on any atom is 0.471 e. The standard InChI is InChI=1S/C36H38Cl2F4N6O3S/c1-5-22-8-10-25(30(49)45-14-15-46(32(51)36(40,41)42)35(18-45)12-13-35)47(22)31(50)28-27(19(2)3)48-29(20-6-9-23(37)24(39)16-20)34(4,44-33(48)52-28)21-7-11-26(38)43-17-21/h6-7,9,11,16-17,19,22,25,29H,5,8,10,12-15,18H2,1-4H3/t22-,25+,29-,34+/m1/s1. The van der Waals surface area contributed by atoms with Crippen LogP contribution in [-0.4, -0.2) is 90.9 Å². The second-order valence-corrected chi connectivity index (χ2v) is 16.4. The maximum atomic E-state index is 15.1. The number of allylic oxidation sites excluding steroid dienone is 1. The summed E-state index contributed by atoms with van der Waals surface area (Å²) in [6, 6.07) is 6.46. The lowest BCUT2D eigenvalue weighted by molar-refractivity contribution is -0.191. The van der Waals surface area contributed by atoms with Gasteiger partial charge in [-0.05, 0) is 80.5 Å². The Balaban J connectivity index is 1.23. The third-order valence-corrected chi connectivity index (χ3v) is 12.7. The number of amidine groups is 1. The summed E-state index contributed by atoms with van der Waals surface area (Å²) in [6.45, 7) is 7.55. The topological polar surface area (TPSA) is 89.4 Å². The predicted octanol–water partition coefficient (Wildman–Crippen LogP) is 7.31. The third kappa shape index (κ3) is 6.06. The summed E-state index contributed by atoms with van der Waals surface area (Å²) in [5, 5.41) is 0.822. The lowest BCUT2D eigenvalue weighted by Crippen LogP contribution is -2.62. The van der Waals surface area contributed by atoms with Crippen molar-refractivity contribution in [1.29, 1.82) is 0 Å². The largest absolute Gasteiger partial charge is 0.471 e. The van der Waals surface area contributed by atoms with Crippen LogP contribution in [0.2, 0.25) is 10.2 Å². The highest BCUT2D eigenvalue weighted by Gasteiger charge is 2.60. The number of carbonyl (C=O) groups is 3. The molecule has 1 aromatic heterocycles. The Morgan fingerprint density at radius 1 is 1.08 bits per heavy atom. The number of nitrogens with zero attached hydrogens (tertiary/aromatic N) is 6. The van der Waals surface area contributed by atoms with Gasteiger partial charge in [-0.25, -0.2) is 14.4 Å². The van der Waals surface area contributed by atoms with Crippen LogP contribution in [0.3, 0.4) is 0 Å². The van der Waals surface area contributed by atoms with E-state index in [1.807, 2.05) is 38.7 Å². The number of alkyl halides is 3. The van der Waals surface area contributed by atoms with Gasteiger partial charge in [0.2, 0.25) is 5.91 Å². The van der Waals surface area contributed by atoms with Gasteiger partial charge in [-0.15, -0.1) is 0 Å². The Labute approximate surface area is 313 Å². The normalized spacial score (nSPS) is 26.8. The molecule has 52 heavy (non-hydrogen) atoms. The lowest BCUT2D eigenvalue weighted by Gasteiger charge is -2.44. The van der Waals surface area contributed by atoms with E-state index >= 15 is 4.39 Å². The van der Waals surface area contributed by atoms with E-state index in [1.165, 1.54) is 28.8 Å². The molecule has 3 fully saturated rings. The minimum Gasteiger partial charge on any atom is -0.337 e. The first-order chi connectivity index (χ1) is 24.5. The van der Waals surface area contributed by atoms with E-state index in [4.69, 9.17) is 28.2 Å². The number of hydrogen-bond acceptors (Lipinski definition) is 7. The van der Waals surface area contributed by atoms with E-state index in [0.29, 0.717) is 58.6 Å². The number of aliphatic imine (C=N–C) groups is 1. The van der Waals surface area contributed by atoms with Crippen LogP contribution in [0.4, 0.5) is 17.6 Å². The minimum absolute atomic E-state index is 0.000278. The van der Waals surface area contributed by atoms with Crippen LogP contribution < -0.4 is 0 Å². The Bertz CT molecular complexity index is 1890. The van der Waals surface area contributed by atoms with Gasteiger partial charge in [0.05, 0.1) is 16.6 Å². The van der Waals surface area contributed by atoms with Gasteiger partial charge in [0.25, 0.3) is 5.91 Å². The molecule has 0 unspecified atom stereocenters. The van der Waals surface area contributed by atoms with Gasteiger partial charge in [0, 0.05) is 43.1 Å². The van der Waals surface area contributed by atoms with Crippen LogP contribution in [0.25, 0.3) is 0 Å². The van der Waals surface area contributed by atoms with Crippen molar-refractivity contribution in [3.05, 3.63) is 74.3 Å². The number of aromatic nitrogens is 1. The smallest absolute Gasteiger partial charge is 0.337 e. The van der Waals surface area contributed by atoms with Gasteiger partial charge >= 0.3 is 12.1 Å². The predicted molar refractivity (Wildman–Crippen MR) is 190 cm³/mol. The fourth-order valence-electron chi connectivity index (χ4n) is 8.36. The molecule has 16 heteroatoms. The number of halogens is 6. The molecule has 3 amide bonds. The van der Waals surface area contributed by atoms with Gasteiger partial charge in [0.1, 0.15) is 27.5 Å². The molecule has 1 saturated carbocycles. The molecule has 0 radical (unpaired) electrons. The molecule has 4 aliphatic heterocycles. The average Bonchev–Trinajstić information content (AvgIpc) is 3.43. The Hall–Kier alpha value is -3.36. The van der Waals surface area contributed by atoms with Crippen molar-refractivity contribution in [2.75, 3.05) is 19.6 Å². The molecule has 5 aliphatic rings. The molecule has 4 atom stereocenters. The number of likely N-dealkylation sites (tertiary alicyclic amines) is 1. The van der Waals surface area contributed by atoms with Crippen LogP contribution in [0.15, 0.2) is 52.1 Å². The molecule has 9 nitrogen and oxygen atoms in total. The van der Waals surface area contributed by atoms with Gasteiger partial charge in [-0.2, -0.15) is 13.2 Å². The maximum absolute atomic E-state index is 15.1. The fraction of sp³-hybridized carbons (Fsp3) is 0.528. The molecule has 1 aliphatic carbocycles. The molecule has 0 N–H and O–H groups in total. The molecule has 5 heterocycles. The van der Waals surface area contributed by atoms with E-state index in [9.17, 15) is 27.6 Å². The lowest BCUT2D eigenvalue weighted by atomic mass is 9.81. The average molecular weight is 782 g/mol.